The summed E-state index contributed by atoms with van der Waals surface area (Å²) in [6, 6.07) is 16.3. The summed E-state index contributed by atoms with van der Waals surface area (Å²) < 4.78 is 111. The molecule has 1 atom stereocenters. The topological polar surface area (TPSA) is 120 Å². The number of carboxylic acids is 1. The van der Waals surface area contributed by atoms with Crippen LogP contribution in [-0.4, -0.2) is 56.9 Å². The molecule has 4 aromatic rings. The average molecular weight is 676 g/mol. The molecule has 0 aliphatic carbocycles. The van der Waals surface area contributed by atoms with Gasteiger partial charge in [-0.1, -0.05) is 24.3 Å². The number of nitrogens with zero attached hydrogens (tertiary/aromatic N) is 3. The molecular weight excluding hydrogens is 649 g/mol. The van der Waals surface area contributed by atoms with Crippen LogP contribution in [0.3, 0.4) is 0 Å². The van der Waals surface area contributed by atoms with Crippen molar-refractivity contribution in [2.24, 2.45) is 0 Å². The molecule has 17 heteroatoms. The first-order chi connectivity index (χ1) is 22.0. The second-order valence-electron chi connectivity index (χ2n) is 9.66. The van der Waals surface area contributed by atoms with E-state index in [4.69, 9.17) is 9.90 Å². The number of halogens is 9. The van der Waals surface area contributed by atoms with Gasteiger partial charge in [-0.25, -0.2) is 9.78 Å². The molecule has 1 unspecified atom stereocenters. The maximum atomic E-state index is 13.5. The van der Waals surface area contributed by atoms with Crippen LogP contribution in [0.4, 0.5) is 39.5 Å². The van der Waals surface area contributed by atoms with E-state index in [2.05, 4.69) is 25.6 Å². The Morgan fingerprint density at radius 2 is 1.32 bits per heavy atom. The molecular formula is C30H26F9N5O3. The predicted molar refractivity (Wildman–Crippen MR) is 150 cm³/mol. The zero-order valence-electron chi connectivity index (χ0n) is 23.9. The van der Waals surface area contributed by atoms with Gasteiger partial charge in [0.2, 0.25) is 0 Å². The molecule has 47 heavy (non-hydrogen) atoms. The molecule has 4 N–H and O–H groups in total. The average Bonchev–Trinajstić information content (AvgIpc) is 3.02. The third-order valence-electron chi connectivity index (χ3n) is 6.23. The lowest BCUT2D eigenvalue weighted by Gasteiger charge is -2.19. The standard InChI is InChI=1S/C28H25F6N5O.C2HF3O2/c29-27(30,31)20-9-7-18(8-10-20)23-15-19(16-25(39-23)28(32,33)34)24(40)17-35-13-14-38-26(21-5-1-3-11-36-21)22-6-2-4-12-37-22;3-2(4,5)1(6)7/h1-12,15-16,24,26,35,38,40H,13-14,17H2;(H,6,7). The molecule has 0 fully saturated rings. The minimum Gasteiger partial charge on any atom is -0.475 e. The monoisotopic (exact) mass is 675 g/mol. The third kappa shape index (κ3) is 11.3. The molecule has 1 aromatic carbocycles. The summed E-state index contributed by atoms with van der Waals surface area (Å²) in [5.41, 5.74) is -0.893. The van der Waals surface area contributed by atoms with Crippen molar-refractivity contribution in [2.45, 2.75) is 30.7 Å². The van der Waals surface area contributed by atoms with Gasteiger partial charge in [0, 0.05) is 37.6 Å². The van der Waals surface area contributed by atoms with Gasteiger partial charge in [-0.3, -0.25) is 9.97 Å². The molecule has 0 radical (unpaired) electrons. The molecule has 0 saturated heterocycles. The highest BCUT2D eigenvalue weighted by Crippen LogP contribution is 2.34. The summed E-state index contributed by atoms with van der Waals surface area (Å²) in [6.45, 7) is 0.703. The number of rotatable bonds is 10. The highest BCUT2D eigenvalue weighted by molar-refractivity contribution is 5.73. The fourth-order valence-corrected chi connectivity index (χ4v) is 3.98. The van der Waals surface area contributed by atoms with Crippen molar-refractivity contribution in [3.8, 4) is 11.3 Å². The zero-order valence-corrected chi connectivity index (χ0v) is 23.9. The van der Waals surface area contributed by atoms with Crippen LogP contribution < -0.4 is 10.6 Å². The second-order valence-corrected chi connectivity index (χ2v) is 9.66. The van der Waals surface area contributed by atoms with Crippen molar-refractivity contribution in [1.29, 1.82) is 0 Å². The molecule has 3 heterocycles. The van der Waals surface area contributed by atoms with Crippen LogP contribution in [-0.2, 0) is 17.1 Å². The molecule has 4 rings (SSSR count). The van der Waals surface area contributed by atoms with Gasteiger partial charge in [0.1, 0.15) is 5.69 Å². The maximum absolute atomic E-state index is 13.5. The molecule has 0 spiro atoms. The summed E-state index contributed by atoms with van der Waals surface area (Å²) >= 11 is 0. The first-order valence-electron chi connectivity index (χ1n) is 13.5. The van der Waals surface area contributed by atoms with Crippen LogP contribution in [0.25, 0.3) is 11.3 Å². The number of aliphatic carboxylic acids is 1. The molecule has 3 aromatic heterocycles. The number of benzene rings is 1. The van der Waals surface area contributed by atoms with Gasteiger partial charge in [-0.15, -0.1) is 0 Å². The van der Waals surface area contributed by atoms with E-state index in [0.29, 0.717) is 13.1 Å². The number of carboxylic acid groups (broad SMARTS) is 1. The lowest BCUT2D eigenvalue weighted by atomic mass is 10.0. The molecule has 0 aliphatic rings. The minimum absolute atomic E-state index is 0.0554. The Labute approximate surface area is 261 Å². The van der Waals surface area contributed by atoms with E-state index in [0.717, 1.165) is 41.7 Å². The van der Waals surface area contributed by atoms with Crippen molar-refractivity contribution >= 4 is 5.97 Å². The Bertz CT molecular complexity index is 1530. The molecule has 0 bridgehead atoms. The number of hydrogen-bond acceptors (Lipinski definition) is 7. The van der Waals surface area contributed by atoms with Crippen LogP contribution in [0, 0.1) is 0 Å². The summed E-state index contributed by atoms with van der Waals surface area (Å²) in [4.78, 5) is 21.2. The first-order valence-corrected chi connectivity index (χ1v) is 13.5. The molecule has 0 aliphatic heterocycles. The van der Waals surface area contributed by atoms with E-state index in [1.54, 1.807) is 24.5 Å². The summed E-state index contributed by atoms with van der Waals surface area (Å²) in [5, 5.41) is 24.1. The van der Waals surface area contributed by atoms with Crippen molar-refractivity contribution in [3.05, 3.63) is 113 Å². The number of aliphatic hydroxyl groups is 1. The van der Waals surface area contributed by atoms with Gasteiger partial charge in [0.25, 0.3) is 0 Å². The summed E-state index contributed by atoms with van der Waals surface area (Å²) in [5.74, 6) is -2.76. The van der Waals surface area contributed by atoms with Gasteiger partial charge in [0.05, 0.1) is 34.8 Å². The fraction of sp³-hybridized carbons (Fsp3) is 0.267. The number of nitrogens with one attached hydrogen (secondary N) is 2. The lowest BCUT2D eigenvalue weighted by molar-refractivity contribution is -0.192. The Balaban J connectivity index is 0.000000771. The lowest BCUT2D eigenvalue weighted by Crippen LogP contribution is -2.33. The number of alkyl halides is 9. The highest BCUT2D eigenvalue weighted by atomic mass is 19.4. The minimum atomic E-state index is -5.08. The van der Waals surface area contributed by atoms with Crippen LogP contribution in [0.15, 0.2) is 85.2 Å². The molecule has 8 nitrogen and oxygen atoms in total. The second kappa shape index (κ2) is 15.8. The third-order valence-corrected chi connectivity index (χ3v) is 6.23. The van der Waals surface area contributed by atoms with E-state index < -0.39 is 41.9 Å². The number of carbonyl (C=O) groups is 1. The SMILES string of the molecule is O=C(O)C(F)(F)F.OC(CNCCNC(c1ccccn1)c1ccccn1)c1cc(-c2ccc(C(F)(F)F)cc2)nc(C(F)(F)F)c1. The Kier molecular flexibility index (Phi) is 12.4. The van der Waals surface area contributed by atoms with Gasteiger partial charge in [-0.2, -0.15) is 39.5 Å². The predicted octanol–water partition coefficient (Wildman–Crippen LogP) is 6.21. The van der Waals surface area contributed by atoms with Gasteiger partial charge < -0.3 is 20.8 Å². The fourth-order valence-electron chi connectivity index (χ4n) is 3.98. The quantitative estimate of drug-likeness (QED) is 0.116. The largest absolute Gasteiger partial charge is 0.490 e. The van der Waals surface area contributed by atoms with Crippen LogP contribution in [0.1, 0.15) is 40.4 Å². The number of aromatic nitrogens is 3. The van der Waals surface area contributed by atoms with Crippen LogP contribution in [0.2, 0.25) is 0 Å². The maximum Gasteiger partial charge on any atom is 0.490 e. The van der Waals surface area contributed by atoms with Crippen molar-refractivity contribution in [3.63, 3.8) is 0 Å². The van der Waals surface area contributed by atoms with Crippen molar-refractivity contribution in [2.75, 3.05) is 19.6 Å². The van der Waals surface area contributed by atoms with Crippen LogP contribution >= 0.6 is 0 Å². The number of aliphatic hydroxyl groups excluding tert-OH is 1. The van der Waals surface area contributed by atoms with Crippen molar-refractivity contribution < 1.29 is 54.5 Å². The molecule has 0 amide bonds. The van der Waals surface area contributed by atoms with E-state index in [-0.39, 0.29) is 29.4 Å². The highest BCUT2D eigenvalue weighted by Gasteiger charge is 2.38. The normalized spacial score (nSPS) is 12.7. The number of pyridine rings is 3. The van der Waals surface area contributed by atoms with Gasteiger partial charge in [-0.05, 0) is 54.1 Å². The first kappa shape index (κ1) is 36.9. The Hall–Kier alpha value is -4.61. The number of hydrogen-bond donors (Lipinski definition) is 4. The van der Waals surface area contributed by atoms with E-state index >= 15 is 0 Å². The molecule has 252 valence electrons. The van der Waals surface area contributed by atoms with Crippen molar-refractivity contribution in [1.82, 2.24) is 25.6 Å². The smallest absolute Gasteiger partial charge is 0.475 e. The summed E-state index contributed by atoms with van der Waals surface area (Å²) in [6.07, 6.45) is -12.5. The Morgan fingerprint density at radius 1 is 0.766 bits per heavy atom. The van der Waals surface area contributed by atoms with Gasteiger partial charge in [0.15, 0.2) is 0 Å². The zero-order chi connectivity index (χ0) is 34.8. The van der Waals surface area contributed by atoms with Gasteiger partial charge >= 0.3 is 24.5 Å². The van der Waals surface area contributed by atoms with Crippen LogP contribution in [0.5, 0.6) is 0 Å². The van der Waals surface area contributed by atoms with E-state index in [1.165, 1.54) is 6.07 Å². The molecule has 0 saturated carbocycles. The van der Waals surface area contributed by atoms with E-state index in [1.807, 2.05) is 24.3 Å². The van der Waals surface area contributed by atoms with E-state index in [9.17, 15) is 44.6 Å². The Morgan fingerprint density at radius 3 is 1.77 bits per heavy atom. The summed E-state index contributed by atoms with van der Waals surface area (Å²) in [7, 11) is 0.